The molecule has 1 atom stereocenters. The van der Waals surface area contributed by atoms with Gasteiger partial charge in [-0.3, -0.25) is 9.59 Å². The first-order chi connectivity index (χ1) is 6.47. The second-order valence-corrected chi connectivity index (χ2v) is 3.03. The highest BCUT2D eigenvalue weighted by molar-refractivity contribution is 5.81. The number of carboxylic acids is 1. The van der Waals surface area contributed by atoms with Gasteiger partial charge in [0, 0.05) is 12.5 Å². The van der Waals surface area contributed by atoms with Crippen LogP contribution in [0.3, 0.4) is 0 Å². The van der Waals surface area contributed by atoms with Crippen LogP contribution < -0.4 is 5.73 Å². The zero-order valence-corrected chi connectivity index (χ0v) is 8.06. The minimum absolute atomic E-state index is 0.00213. The molecule has 0 radical (unpaired) electrons. The molecule has 0 saturated heterocycles. The molecule has 0 aromatic heterocycles. The lowest BCUT2D eigenvalue weighted by atomic mass is 10.2. The van der Waals surface area contributed by atoms with Crippen LogP contribution in [0.25, 0.3) is 0 Å². The standard InChI is InChI=1S/C9H14N2O3/c1-3-4-11(6-9(13)14)8(12)5-7(2)10/h1,7H,4-6,10H2,2H3,(H,13,14). The van der Waals surface area contributed by atoms with Gasteiger partial charge >= 0.3 is 5.97 Å². The van der Waals surface area contributed by atoms with Gasteiger partial charge in [0.1, 0.15) is 6.54 Å². The molecule has 0 aromatic carbocycles. The number of hydrogen-bond acceptors (Lipinski definition) is 3. The molecule has 0 rings (SSSR count). The van der Waals surface area contributed by atoms with Crippen molar-refractivity contribution < 1.29 is 14.7 Å². The number of terminal acetylenes is 1. The molecule has 0 aliphatic rings. The van der Waals surface area contributed by atoms with Gasteiger partial charge in [-0.1, -0.05) is 5.92 Å². The van der Waals surface area contributed by atoms with E-state index >= 15 is 0 Å². The average Bonchev–Trinajstić information content (AvgIpc) is 2.01. The monoisotopic (exact) mass is 198 g/mol. The Hall–Kier alpha value is -1.54. The van der Waals surface area contributed by atoms with E-state index < -0.39 is 5.97 Å². The van der Waals surface area contributed by atoms with Gasteiger partial charge in [-0.05, 0) is 6.92 Å². The maximum atomic E-state index is 11.4. The molecular weight excluding hydrogens is 184 g/mol. The lowest BCUT2D eigenvalue weighted by Gasteiger charge is -2.18. The van der Waals surface area contributed by atoms with Gasteiger partial charge in [-0.25, -0.2) is 0 Å². The highest BCUT2D eigenvalue weighted by Crippen LogP contribution is 1.96. The van der Waals surface area contributed by atoms with Crippen molar-refractivity contribution in [3.63, 3.8) is 0 Å². The third kappa shape index (κ3) is 5.17. The van der Waals surface area contributed by atoms with E-state index in [2.05, 4.69) is 5.92 Å². The Morgan fingerprint density at radius 1 is 1.64 bits per heavy atom. The van der Waals surface area contributed by atoms with Gasteiger partial charge in [0.25, 0.3) is 0 Å². The van der Waals surface area contributed by atoms with E-state index in [1.54, 1.807) is 6.92 Å². The molecule has 5 heteroatoms. The number of nitrogens with zero attached hydrogens (tertiary/aromatic N) is 1. The summed E-state index contributed by atoms with van der Waals surface area (Å²) in [5.74, 6) is 0.810. The number of rotatable bonds is 5. The van der Waals surface area contributed by atoms with Crippen LogP contribution in [0, 0.1) is 12.3 Å². The van der Waals surface area contributed by atoms with Crippen LogP contribution in [-0.2, 0) is 9.59 Å². The predicted molar refractivity (Wildman–Crippen MR) is 51.3 cm³/mol. The maximum Gasteiger partial charge on any atom is 0.323 e. The molecule has 0 heterocycles. The number of amides is 1. The lowest BCUT2D eigenvalue weighted by Crippen LogP contribution is -2.38. The van der Waals surface area contributed by atoms with Crippen LogP contribution in [0.4, 0.5) is 0 Å². The lowest BCUT2D eigenvalue weighted by molar-refractivity contribution is -0.144. The molecule has 78 valence electrons. The predicted octanol–water partition coefficient (Wildman–Crippen LogP) is -0.730. The summed E-state index contributed by atoms with van der Waals surface area (Å²) >= 11 is 0. The largest absolute Gasteiger partial charge is 0.480 e. The summed E-state index contributed by atoms with van der Waals surface area (Å²) in [6.45, 7) is 1.29. The van der Waals surface area contributed by atoms with Crippen LogP contribution >= 0.6 is 0 Å². The zero-order chi connectivity index (χ0) is 11.1. The second kappa shape index (κ2) is 6.00. The third-order valence-corrected chi connectivity index (χ3v) is 1.46. The van der Waals surface area contributed by atoms with Crippen LogP contribution in [0.2, 0.25) is 0 Å². The minimum atomic E-state index is -1.08. The van der Waals surface area contributed by atoms with E-state index in [0.717, 1.165) is 4.90 Å². The summed E-state index contributed by atoms with van der Waals surface area (Å²) in [4.78, 5) is 22.8. The summed E-state index contributed by atoms with van der Waals surface area (Å²) in [6.07, 6.45) is 5.11. The zero-order valence-electron chi connectivity index (χ0n) is 8.06. The van der Waals surface area contributed by atoms with Gasteiger partial charge in [-0.15, -0.1) is 6.42 Å². The molecule has 3 N–H and O–H groups in total. The van der Waals surface area contributed by atoms with Crippen molar-refractivity contribution >= 4 is 11.9 Å². The van der Waals surface area contributed by atoms with Crippen LogP contribution in [0.1, 0.15) is 13.3 Å². The Morgan fingerprint density at radius 2 is 2.21 bits per heavy atom. The average molecular weight is 198 g/mol. The molecule has 0 aromatic rings. The number of hydrogen-bond donors (Lipinski definition) is 2. The molecule has 0 aliphatic heterocycles. The second-order valence-electron chi connectivity index (χ2n) is 3.03. The van der Waals surface area contributed by atoms with E-state index in [1.165, 1.54) is 0 Å². The first kappa shape index (κ1) is 12.5. The first-order valence-corrected chi connectivity index (χ1v) is 4.16. The van der Waals surface area contributed by atoms with E-state index in [4.69, 9.17) is 17.3 Å². The van der Waals surface area contributed by atoms with E-state index in [0.29, 0.717) is 0 Å². The maximum absolute atomic E-state index is 11.4. The normalized spacial score (nSPS) is 11.5. The number of carbonyl (C=O) groups excluding carboxylic acids is 1. The summed E-state index contributed by atoms with van der Waals surface area (Å²) in [5, 5.41) is 8.50. The van der Waals surface area contributed by atoms with Gasteiger partial charge in [0.2, 0.25) is 5.91 Å². The molecule has 0 saturated carbocycles. The van der Waals surface area contributed by atoms with Crippen molar-refractivity contribution in [3.8, 4) is 12.3 Å². The topological polar surface area (TPSA) is 83.6 Å². The van der Waals surface area contributed by atoms with Crippen molar-refractivity contribution in [1.29, 1.82) is 0 Å². The summed E-state index contributed by atoms with van der Waals surface area (Å²) < 4.78 is 0. The summed E-state index contributed by atoms with van der Waals surface area (Å²) in [5.41, 5.74) is 5.41. The highest BCUT2D eigenvalue weighted by atomic mass is 16.4. The van der Waals surface area contributed by atoms with Gasteiger partial charge in [0.15, 0.2) is 0 Å². The molecule has 1 amide bonds. The van der Waals surface area contributed by atoms with E-state index in [1.807, 2.05) is 0 Å². The number of carboxylic acid groups (broad SMARTS) is 1. The number of aliphatic carboxylic acids is 1. The highest BCUT2D eigenvalue weighted by Gasteiger charge is 2.16. The van der Waals surface area contributed by atoms with Crippen molar-refractivity contribution in [1.82, 2.24) is 4.90 Å². The Bertz CT molecular complexity index is 255. The van der Waals surface area contributed by atoms with Crippen molar-refractivity contribution in [2.24, 2.45) is 5.73 Å². The first-order valence-electron chi connectivity index (χ1n) is 4.16. The summed E-state index contributed by atoms with van der Waals surface area (Å²) in [7, 11) is 0. The Morgan fingerprint density at radius 3 is 2.57 bits per heavy atom. The van der Waals surface area contributed by atoms with Crippen LogP contribution in [-0.4, -0.2) is 41.0 Å². The van der Waals surface area contributed by atoms with E-state index in [9.17, 15) is 9.59 Å². The quantitative estimate of drug-likeness (QED) is 0.570. The Labute approximate surface area is 82.9 Å². The fourth-order valence-electron chi connectivity index (χ4n) is 0.910. The van der Waals surface area contributed by atoms with E-state index in [-0.39, 0.29) is 31.5 Å². The molecule has 1 unspecified atom stereocenters. The molecule has 5 nitrogen and oxygen atoms in total. The Kier molecular flexibility index (Phi) is 5.34. The molecule has 0 spiro atoms. The van der Waals surface area contributed by atoms with Crippen molar-refractivity contribution in [3.05, 3.63) is 0 Å². The van der Waals surface area contributed by atoms with Gasteiger partial charge < -0.3 is 15.7 Å². The smallest absolute Gasteiger partial charge is 0.323 e. The summed E-state index contributed by atoms with van der Waals surface area (Å²) in [6, 6.07) is -0.295. The van der Waals surface area contributed by atoms with Crippen molar-refractivity contribution in [2.45, 2.75) is 19.4 Å². The fourth-order valence-corrected chi connectivity index (χ4v) is 0.910. The molecule has 0 aliphatic carbocycles. The van der Waals surface area contributed by atoms with Crippen LogP contribution in [0.15, 0.2) is 0 Å². The van der Waals surface area contributed by atoms with Crippen molar-refractivity contribution in [2.75, 3.05) is 13.1 Å². The minimum Gasteiger partial charge on any atom is -0.480 e. The van der Waals surface area contributed by atoms with Gasteiger partial charge in [0.05, 0.1) is 6.54 Å². The molecule has 0 fully saturated rings. The number of nitrogens with two attached hydrogens (primary N) is 1. The fraction of sp³-hybridized carbons (Fsp3) is 0.556. The molecule has 14 heavy (non-hydrogen) atoms. The van der Waals surface area contributed by atoms with Crippen LogP contribution in [0.5, 0.6) is 0 Å². The van der Waals surface area contributed by atoms with Gasteiger partial charge in [-0.2, -0.15) is 0 Å². The Balaban J connectivity index is 4.26. The number of carbonyl (C=O) groups is 2. The third-order valence-electron chi connectivity index (χ3n) is 1.46. The SMILES string of the molecule is C#CCN(CC(=O)O)C(=O)CC(C)N. The molecule has 0 bridgehead atoms. The molecular formula is C9H14N2O3.